The Morgan fingerprint density at radius 2 is 1.74 bits per heavy atom. The predicted octanol–water partition coefficient (Wildman–Crippen LogP) is 3.89. The molecule has 2 aliphatic rings. The molecule has 1 fully saturated rings. The molecular formula is C25H27FN2O3. The summed E-state index contributed by atoms with van der Waals surface area (Å²) < 4.78 is 18.7. The Morgan fingerprint density at radius 1 is 1.03 bits per heavy atom. The quantitative estimate of drug-likeness (QED) is 0.663. The highest BCUT2D eigenvalue weighted by Gasteiger charge is 2.41. The van der Waals surface area contributed by atoms with Crippen LogP contribution >= 0.6 is 0 Å². The molecule has 0 aliphatic carbocycles. The summed E-state index contributed by atoms with van der Waals surface area (Å²) in [5, 5.41) is 0. The molecule has 162 valence electrons. The second-order valence-corrected chi connectivity index (χ2v) is 8.28. The molecule has 0 N–H and O–H groups in total. The molecule has 5 nitrogen and oxygen atoms in total. The smallest absolute Gasteiger partial charge is 0.277 e. The number of hydrogen-bond donors (Lipinski definition) is 0. The molecular weight excluding hydrogens is 395 g/mol. The summed E-state index contributed by atoms with van der Waals surface area (Å²) in [6.45, 7) is 3.94. The number of benzene rings is 2. The lowest BCUT2D eigenvalue weighted by Crippen LogP contribution is -2.39. The van der Waals surface area contributed by atoms with Crippen molar-refractivity contribution in [3.05, 3.63) is 71.2 Å². The summed E-state index contributed by atoms with van der Waals surface area (Å²) in [5.41, 5.74) is 2.44. The number of imide groups is 1. The Morgan fingerprint density at radius 3 is 2.39 bits per heavy atom. The number of rotatable bonds is 6. The second kappa shape index (κ2) is 8.92. The number of carbonyl (C=O) groups is 2. The molecule has 31 heavy (non-hydrogen) atoms. The summed E-state index contributed by atoms with van der Waals surface area (Å²) in [6, 6.07) is 13.4. The van der Waals surface area contributed by atoms with Crippen LogP contribution in [0.15, 0.2) is 54.2 Å². The van der Waals surface area contributed by atoms with Gasteiger partial charge in [-0.1, -0.05) is 31.2 Å². The number of likely N-dealkylation sites (tertiary alicyclic amines) is 1. The van der Waals surface area contributed by atoms with Gasteiger partial charge in [-0.3, -0.25) is 14.5 Å². The highest BCUT2D eigenvalue weighted by Crippen LogP contribution is 2.34. The maximum atomic E-state index is 13.5. The van der Waals surface area contributed by atoms with E-state index in [1.54, 1.807) is 19.2 Å². The Kier molecular flexibility index (Phi) is 6.07. The van der Waals surface area contributed by atoms with Gasteiger partial charge >= 0.3 is 0 Å². The van der Waals surface area contributed by atoms with Crippen molar-refractivity contribution in [2.24, 2.45) is 5.92 Å². The lowest BCUT2D eigenvalue weighted by atomic mass is 9.98. The highest BCUT2D eigenvalue weighted by atomic mass is 19.1. The zero-order chi connectivity index (χ0) is 22.0. The lowest BCUT2D eigenvalue weighted by Gasteiger charge is -2.33. The molecule has 0 spiro atoms. The van der Waals surface area contributed by atoms with Gasteiger partial charge in [0.1, 0.15) is 17.3 Å². The summed E-state index contributed by atoms with van der Waals surface area (Å²) in [4.78, 5) is 30.1. The third-order valence-corrected chi connectivity index (χ3v) is 6.03. The van der Waals surface area contributed by atoms with Gasteiger partial charge in [-0.15, -0.1) is 0 Å². The van der Waals surface area contributed by atoms with Crippen molar-refractivity contribution in [1.29, 1.82) is 0 Å². The molecule has 6 heteroatoms. The predicted molar refractivity (Wildman–Crippen MR) is 117 cm³/mol. The molecule has 0 radical (unpaired) electrons. The number of nitrogens with zero attached hydrogens (tertiary/aromatic N) is 2. The summed E-state index contributed by atoms with van der Waals surface area (Å²) in [5.74, 6) is 0.279. The minimum atomic E-state index is -0.370. The molecule has 2 aromatic rings. The van der Waals surface area contributed by atoms with E-state index in [0.29, 0.717) is 35.7 Å². The maximum Gasteiger partial charge on any atom is 0.277 e. The van der Waals surface area contributed by atoms with Crippen LogP contribution in [-0.2, 0) is 16.0 Å². The van der Waals surface area contributed by atoms with E-state index in [0.717, 1.165) is 37.2 Å². The number of piperidine rings is 1. The maximum absolute atomic E-state index is 13.5. The van der Waals surface area contributed by atoms with E-state index < -0.39 is 0 Å². The number of methoxy groups -OCH3 is 1. The SMILES string of the molecule is COc1ccc(CCN2C(=O)C(c3ccc(F)cc3)=C(N3CCCC(C)C3)C2=O)cc1. The van der Waals surface area contributed by atoms with E-state index in [4.69, 9.17) is 4.74 Å². The molecule has 0 saturated carbocycles. The minimum Gasteiger partial charge on any atom is -0.497 e. The van der Waals surface area contributed by atoms with E-state index in [2.05, 4.69) is 6.92 Å². The molecule has 1 unspecified atom stereocenters. The van der Waals surface area contributed by atoms with Crippen LogP contribution in [0.2, 0.25) is 0 Å². The van der Waals surface area contributed by atoms with Crippen LogP contribution in [0.25, 0.3) is 5.57 Å². The number of hydrogen-bond acceptors (Lipinski definition) is 4. The van der Waals surface area contributed by atoms with E-state index >= 15 is 0 Å². The summed E-state index contributed by atoms with van der Waals surface area (Å²) in [7, 11) is 1.61. The van der Waals surface area contributed by atoms with E-state index in [1.165, 1.54) is 17.0 Å². The van der Waals surface area contributed by atoms with Crippen molar-refractivity contribution < 1.29 is 18.7 Å². The standard InChI is InChI=1S/C25H27FN2O3/c1-17-4-3-14-27(16-17)23-22(19-7-9-20(26)10-8-19)24(29)28(25(23)30)15-13-18-5-11-21(31-2)12-6-18/h5-12,17H,3-4,13-16H2,1-2H3. The van der Waals surface area contributed by atoms with Crippen molar-refractivity contribution in [3.8, 4) is 5.75 Å². The van der Waals surface area contributed by atoms with Crippen LogP contribution in [-0.4, -0.2) is 48.4 Å². The highest BCUT2D eigenvalue weighted by molar-refractivity contribution is 6.35. The fourth-order valence-electron chi connectivity index (χ4n) is 4.36. The fourth-order valence-corrected chi connectivity index (χ4v) is 4.36. The van der Waals surface area contributed by atoms with Gasteiger partial charge in [0.05, 0.1) is 12.7 Å². The van der Waals surface area contributed by atoms with Gasteiger partial charge in [0.2, 0.25) is 0 Å². The zero-order valence-corrected chi connectivity index (χ0v) is 17.9. The molecule has 2 aliphatic heterocycles. The third-order valence-electron chi connectivity index (χ3n) is 6.03. The Labute approximate surface area is 182 Å². The normalized spacial score (nSPS) is 19.4. The van der Waals surface area contributed by atoms with Crippen LogP contribution in [0, 0.1) is 11.7 Å². The largest absolute Gasteiger partial charge is 0.497 e. The van der Waals surface area contributed by atoms with E-state index in [9.17, 15) is 14.0 Å². The molecule has 0 bridgehead atoms. The topological polar surface area (TPSA) is 49.9 Å². The van der Waals surface area contributed by atoms with Crippen LogP contribution in [0.3, 0.4) is 0 Å². The molecule has 1 atom stereocenters. The van der Waals surface area contributed by atoms with Gasteiger partial charge in [-0.2, -0.15) is 0 Å². The first-order valence-corrected chi connectivity index (χ1v) is 10.7. The van der Waals surface area contributed by atoms with Crippen LogP contribution < -0.4 is 4.74 Å². The van der Waals surface area contributed by atoms with Gasteiger partial charge in [0.15, 0.2) is 0 Å². The van der Waals surface area contributed by atoms with Gasteiger partial charge in [-0.05, 0) is 60.6 Å². The Hall–Kier alpha value is -3.15. The van der Waals surface area contributed by atoms with E-state index in [1.807, 2.05) is 29.2 Å². The summed E-state index contributed by atoms with van der Waals surface area (Å²) in [6.07, 6.45) is 2.65. The first-order valence-electron chi connectivity index (χ1n) is 10.7. The van der Waals surface area contributed by atoms with Gasteiger partial charge in [0, 0.05) is 19.6 Å². The van der Waals surface area contributed by atoms with Gasteiger partial charge in [0.25, 0.3) is 11.8 Å². The Bertz CT molecular complexity index is 998. The first kappa shape index (κ1) is 21.1. The third kappa shape index (κ3) is 4.33. The molecule has 1 saturated heterocycles. The second-order valence-electron chi connectivity index (χ2n) is 8.28. The Balaban J connectivity index is 1.62. The number of halogens is 1. The summed E-state index contributed by atoms with van der Waals surface area (Å²) >= 11 is 0. The average molecular weight is 423 g/mol. The van der Waals surface area contributed by atoms with Crippen molar-refractivity contribution in [1.82, 2.24) is 9.80 Å². The monoisotopic (exact) mass is 422 g/mol. The van der Waals surface area contributed by atoms with Crippen LogP contribution in [0.4, 0.5) is 4.39 Å². The molecule has 0 aromatic heterocycles. The molecule has 2 aromatic carbocycles. The zero-order valence-electron chi connectivity index (χ0n) is 17.9. The number of carbonyl (C=O) groups excluding carboxylic acids is 2. The van der Waals surface area contributed by atoms with Crippen molar-refractivity contribution >= 4 is 17.4 Å². The first-order chi connectivity index (χ1) is 15.0. The van der Waals surface area contributed by atoms with Crippen molar-refractivity contribution in [3.63, 3.8) is 0 Å². The van der Waals surface area contributed by atoms with Gasteiger partial charge < -0.3 is 9.64 Å². The van der Waals surface area contributed by atoms with Crippen LogP contribution in [0.5, 0.6) is 5.75 Å². The lowest BCUT2D eigenvalue weighted by molar-refractivity contribution is -0.137. The number of amides is 2. The molecule has 2 amide bonds. The molecule has 2 heterocycles. The van der Waals surface area contributed by atoms with Crippen molar-refractivity contribution in [2.45, 2.75) is 26.2 Å². The van der Waals surface area contributed by atoms with Gasteiger partial charge in [-0.25, -0.2) is 4.39 Å². The van der Waals surface area contributed by atoms with E-state index in [-0.39, 0.29) is 17.6 Å². The number of ether oxygens (including phenoxy) is 1. The van der Waals surface area contributed by atoms with Crippen molar-refractivity contribution in [2.75, 3.05) is 26.7 Å². The average Bonchev–Trinajstić information content (AvgIpc) is 3.03. The van der Waals surface area contributed by atoms with Crippen LogP contribution in [0.1, 0.15) is 30.9 Å². The molecule has 4 rings (SSSR count). The fraction of sp³-hybridized carbons (Fsp3) is 0.360. The minimum absolute atomic E-state index is 0.257.